The van der Waals surface area contributed by atoms with Crippen LogP contribution >= 0.6 is 11.3 Å². The van der Waals surface area contributed by atoms with Gasteiger partial charge in [0.2, 0.25) is 5.91 Å². The van der Waals surface area contributed by atoms with Crippen molar-refractivity contribution in [3.8, 4) is 17.3 Å². The second-order valence-electron chi connectivity index (χ2n) is 10.3. The summed E-state index contributed by atoms with van der Waals surface area (Å²) < 4.78 is 8.06. The van der Waals surface area contributed by atoms with Crippen molar-refractivity contribution in [1.82, 2.24) is 24.6 Å². The Hall–Kier alpha value is -3.52. The maximum Gasteiger partial charge on any atom is 0.410 e. The number of fused-ring (bicyclic) bond motifs is 1. The number of ether oxygens (including phenoxy) is 1. The fourth-order valence-electron chi connectivity index (χ4n) is 3.96. The third-order valence-electron chi connectivity index (χ3n) is 6.05. The van der Waals surface area contributed by atoms with Gasteiger partial charge >= 0.3 is 6.09 Å². The maximum absolute atomic E-state index is 12.7. The molecule has 1 saturated carbocycles. The summed E-state index contributed by atoms with van der Waals surface area (Å²) in [6, 6.07) is 4.01. The average Bonchev–Trinajstić information content (AvgIpc) is 3.31. The molecule has 10 nitrogen and oxygen atoms in total. The summed E-state index contributed by atoms with van der Waals surface area (Å²) in [5.74, 6) is -0.308. The molecule has 3 aromatic rings. The first-order valence-electron chi connectivity index (χ1n) is 12.2. The number of carbonyl (C=O) groups excluding carboxylic acids is 2. The minimum Gasteiger partial charge on any atom is -0.444 e. The monoisotopic (exact) mass is 507 g/mol. The van der Waals surface area contributed by atoms with E-state index < -0.39 is 11.5 Å². The Balaban J connectivity index is 0.000000828. The molecule has 188 valence electrons. The molecule has 2 amide bonds. The van der Waals surface area contributed by atoms with Crippen molar-refractivity contribution < 1.29 is 14.3 Å². The standard InChI is InChI=1S/C22H23N7O3S.C3H6/c1-22(2,3)32-21(31)27-10-15(11-27)29-9-14(8-25-29)16-6-17-18(33-12-24-17)19(26-16)28-5-4-13(7-23)20(28)30;1-2-3-1/h6,8-9,12-13,15H,4-5,10-11H2,1-3H3;1-3H2. The molecule has 0 spiro atoms. The van der Waals surface area contributed by atoms with Crippen molar-refractivity contribution >= 4 is 39.4 Å². The summed E-state index contributed by atoms with van der Waals surface area (Å²) in [6.45, 7) is 7.05. The topological polar surface area (TPSA) is 117 Å². The third kappa shape index (κ3) is 5.04. The predicted molar refractivity (Wildman–Crippen MR) is 135 cm³/mol. The van der Waals surface area contributed by atoms with E-state index >= 15 is 0 Å². The number of pyridine rings is 1. The lowest BCUT2D eigenvalue weighted by Crippen LogP contribution is -2.52. The molecule has 1 aliphatic carbocycles. The van der Waals surface area contributed by atoms with E-state index in [1.807, 2.05) is 37.7 Å². The van der Waals surface area contributed by atoms with E-state index in [1.54, 1.807) is 21.5 Å². The first-order chi connectivity index (χ1) is 17.2. The van der Waals surface area contributed by atoms with E-state index in [-0.39, 0.29) is 18.0 Å². The minimum atomic E-state index is -0.632. The lowest BCUT2D eigenvalue weighted by atomic mass is 10.1. The Morgan fingerprint density at radius 1 is 1.25 bits per heavy atom. The number of aromatic nitrogens is 4. The fourth-order valence-corrected chi connectivity index (χ4v) is 4.73. The normalized spacial score (nSPS) is 19.5. The van der Waals surface area contributed by atoms with Gasteiger partial charge in [0.15, 0.2) is 5.82 Å². The molecule has 3 aromatic heterocycles. The molecule has 11 heteroatoms. The first-order valence-corrected chi connectivity index (χ1v) is 13.1. The highest BCUT2D eigenvalue weighted by Gasteiger charge is 2.36. The molecule has 3 fully saturated rings. The maximum atomic E-state index is 12.7. The largest absolute Gasteiger partial charge is 0.444 e. The summed E-state index contributed by atoms with van der Waals surface area (Å²) >= 11 is 1.42. The van der Waals surface area contributed by atoms with Crippen LogP contribution in [0.3, 0.4) is 0 Å². The number of hydrogen-bond acceptors (Lipinski definition) is 8. The molecule has 0 N–H and O–H groups in total. The Bertz CT molecular complexity index is 1320. The number of nitrogens with zero attached hydrogens (tertiary/aromatic N) is 7. The van der Waals surface area contributed by atoms with E-state index in [0.29, 0.717) is 37.6 Å². The van der Waals surface area contributed by atoms with E-state index in [0.717, 1.165) is 15.8 Å². The van der Waals surface area contributed by atoms with E-state index in [4.69, 9.17) is 9.72 Å². The quantitative estimate of drug-likeness (QED) is 0.516. The van der Waals surface area contributed by atoms with Crippen LogP contribution in [0.1, 0.15) is 52.5 Å². The Morgan fingerprint density at radius 3 is 2.64 bits per heavy atom. The first kappa shape index (κ1) is 24.2. The van der Waals surface area contributed by atoms with Gasteiger partial charge in [0.1, 0.15) is 11.5 Å². The van der Waals surface area contributed by atoms with Gasteiger partial charge in [0.05, 0.1) is 39.7 Å². The summed E-state index contributed by atoms with van der Waals surface area (Å²) in [4.78, 5) is 37.3. The zero-order chi connectivity index (χ0) is 25.4. The van der Waals surface area contributed by atoms with Gasteiger partial charge in [0, 0.05) is 31.4 Å². The average molecular weight is 508 g/mol. The number of anilines is 1. The second-order valence-corrected chi connectivity index (χ2v) is 11.2. The van der Waals surface area contributed by atoms with Crippen molar-refractivity contribution in [2.45, 2.75) is 58.1 Å². The minimum absolute atomic E-state index is 0.0605. The van der Waals surface area contributed by atoms with E-state index in [9.17, 15) is 14.9 Å². The zero-order valence-corrected chi connectivity index (χ0v) is 21.5. The van der Waals surface area contributed by atoms with Gasteiger partial charge in [0.25, 0.3) is 0 Å². The molecule has 1 unspecified atom stereocenters. The summed E-state index contributed by atoms with van der Waals surface area (Å²) in [6.07, 6.45) is 8.29. The van der Waals surface area contributed by atoms with Crippen LogP contribution in [0.5, 0.6) is 0 Å². The molecule has 2 saturated heterocycles. The molecular weight excluding hydrogens is 478 g/mol. The molecule has 5 heterocycles. The molecule has 36 heavy (non-hydrogen) atoms. The molecule has 2 aliphatic heterocycles. The van der Waals surface area contributed by atoms with Gasteiger partial charge in [-0.25, -0.2) is 14.8 Å². The van der Waals surface area contributed by atoms with Gasteiger partial charge in [-0.1, -0.05) is 19.3 Å². The van der Waals surface area contributed by atoms with Crippen molar-refractivity contribution in [2.24, 2.45) is 5.92 Å². The lowest BCUT2D eigenvalue weighted by molar-refractivity contribution is -0.119. The highest BCUT2D eigenvalue weighted by Crippen LogP contribution is 2.35. The van der Waals surface area contributed by atoms with Gasteiger partial charge in [-0.15, -0.1) is 11.3 Å². The summed E-state index contributed by atoms with van der Waals surface area (Å²) in [5.41, 5.74) is 3.41. The van der Waals surface area contributed by atoms with Gasteiger partial charge in [-0.2, -0.15) is 10.4 Å². The second kappa shape index (κ2) is 9.50. The fraction of sp³-hybridized carbons (Fsp3) is 0.520. The molecule has 1 atom stereocenters. The number of likely N-dealkylation sites (tertiary alicyclic amines) is 1. The van der Waals surface area contributed by atoms with Crippen molar-refractivity contribution in [2.75, 3.05) is 24.5 Å². The number of thiazole rings is 1. The zero-order valence-electron chi connectivity index (χ0n) is 20.7. The van der Waals surface area contributed by atoms with E-state index in [2.05, 4.69) is 16.2 Å². The smallest absolute Gasteiger partial charge is 0.410 e. The number of rotatable bonds is 3. The van der Waals surface area contributed by atoms with Crippen LogP contribution in [0.25, 0.3) is 21.5 Å². The van der Waals surface area contributed by atoms with Crippen LogP contribution in [-0.4, -0.2) is 61.9 Å². The molecule has 0 aromatic carbocycles. The van der Waals surface area contributed by atoms with Crippen molar-refractivity contribution in [3.05, 3.63) is 24.0 Å². The Labute approximate surface area is 213 Å². The van der Waals surface area contributed by atoms with Gasteiger partial charge in [-0.05, 0) is 33.3 Å². The van der Waals surface area contributed by atoms with Crippen molar-refractivity contribution in [3.63, 3.8) is 0 Å². The number of amides is 2. The molecule has 0 bridgehead atoms. The lowest BCUT2D eigenvalue weighted by Gasteiger charge is -2.39. The molecule has 0 radical (unpaired) electrons. The van der Waals surface area contributed by atoms with Crippen LogP contribution in [0.15, 0.2) is 24.0 Å². The van der Waals surface area contributed by atoms with Crippen LogP contribution in [-0.2, 0) is 9.53 Å². The van der Waals surface area contributed by atoms with Gasteiger partial charge < -0.3 is 9.64 Å². The van der Waals surface area contributed by atoms with Crippen molar-refractivity contribution in [1.29, 1.82) is 5.26 Å². The van der Waals surface area contributed by atoms with Crippen LogP contribution < -0.4 is 4.90 Å². The van der Waals surface area contributed by atoms with Crippen LogP contribution in [0.4, 0.5) is 10.6 Å². The molecule has 3 aliphatic rings. The number of hydrogen-bond donors (Lipinski definition) is 0. The molecule has 6 rings (SSSR count). The highest BCUT2D eigenvalue weighted by molar-refractivity contribution is 7.17. The Morgan fingerprint density at radius 2 is 2.00 bits per heavy atom. The SMILES string of the molecule is C1CC1.CC(C)(C)OC(=O)N1CC(n2cc(-c3cc4ncsc4c(N4CCC(C#N)C4=O)n3)cn2)C1. The number of nitriles is 1. The van der Waals surface area contributed by atoms with Crippen LogP contribution in [0.2, 0.25) is 0 Å². The van der Waals surface area contributed by atoms with Gasteiger partial charge in [-0.3, -0.25) is 14.4 Å². The predicted octanol–water partition coefficient (Wildman–Crippen LogP) is 4.39. The Kier molecular flexibility index (Phi) is 6.38. The summed E-state index contributed by atoms with van der Waals surface area (Å²) in [5, 5.41) is 13.7. The van der Waals surface area contributed by atoms with Crippen LogP contribution in [0, 0.1) is 17.2 Å². The highest BCUT2D eigenvalue weighted by atomic mass is 32.1. The number of carbonyl (C=O) groups is 2. The molecular formula is C25H29N7O3S. The van der Waals surface area contributed by atoms with E-state index in [1.165, 1.54) is 30.6 Å². The third-order valence-corrected chi connectivity index (χ3v) is 6.89. The summed E-state index contributed by atoms with van der Waals surface area (Å²) in [7, 11) is 0.